The van der Waals surface area contributed by atoms with E-state index in [1.807, 2.05) is 29.7 Å². The molecule has 230 valence electrons. The normalized spacial score (nSPS) is 11.7. The Hall–Kier alpha value is -6.23. The van der Waals surface area contributed by atoms with Crippen LogP contribution < -0.4 is 4.90 Å². The van der Waals surface area contributed by atoms with Gasteiger partial charge in [-0.3, -0.25) is 4.98 Å². The Morgan fingerprint density at radius 1 is 0.449 bits per heavy atom. The Morgan fingerprint density at radius 3 is 1.94 bits per heavy atom. The molecule has 0 fully saturated rings. The van der Waals surface area contributed by atoms with Gasteiger partial charge in [-0.15, -0.1) is 11.3 Å². The third kappa shape index (κ3) is 4.68. The Balaban J connectivity index is 1.07. The molecule has 0 radical (unpaired) electrons. The van der Waals surface area contributed by atoms with Crippen molar-refractivity contribution in [2.75, 3.05) is 4.90 Å². The lowest BCUT2D eigenvalue weighted by Gasteiger charge is -2.26. The summed E-state index contributed by atoms with van der Waals surface area (Å²) in [6.45, 7) is 0. The molecule has 3 aromatic heterocycles. The van der Waals surface area contributed by atoms with Crippen LogP contribution in [0.4, 0.5) is 17.1 Å². The number of benzene rings is 7. The van der Waals surface area contributed by atoms with Gasteiger partial charge in [0, 0.05) is 65.8 Å². The van der Waals surface area contributed by atoms with Crippen LogP contribution in [0.3, 0.4) is 0 Å². The first kappa shape index (κ1) is 27.8. The lowest BCUT2D eigenvalue weighted by atomic mass is 9.98. The summed E-state index contributed by atoms with van der Waals surface area (Å²) < 4.78 is 8.87. The lowest BCUT2D eigenvalue weighted by molar-refractivity contribution is 0.669. The number of rotatable bonds is 5. The molecule has 3 heterocycles. The number of aromatic nitrogens is 1. The predicted molar refractivity (Wildman–Crippen MR) is 207 cm³/mol. The third-order valence-electron chi connectivity index (χ3n) is 9.53. The molecule has 0 aliphatic rings. The van der Waals surface area contributed by atoms with E-state index in [1.165, 1.54) is 42.1 Å². The summed E-state index contributed by atoms with van der Waals surface area (Å²) in [5.74, 6) is 0. The number of hydrogen-bond acceptors (Lipinski definition) is 4. The van der Waals surface area contributed by atoms with Crippen LogP contribution in [0.2, 0.25) is 0 Å². The van der Waals surface area contributed by atoms with E-state index in [0.717, 1.165) is 50.3 Å². The second-order valence-electron chi connectivity index (χ2n) is 12.4. The molecule has 3 nitrogen and oxygen atoms in total. The number of thiophene rings is 1. The monoisotopic (exact) mass is 644 g/mol. The van der Waals surface area contributed by atoms with Crippen LogP contribution >= 0.6 is 11.3 Å². The maximum absolute atomic E-state index is 6.33. The smallest absolute Gasteiger partial charge is 0.137 e. The van der Waals surface area contributed by atoms with Crippen LogP contribution in [-0.2, 0) is 0 Å². The number of furan rings is 1. The number of pyridine rings is 1. The summed E-state index contributed by atoms with van der Waals surface area (Å²) in [6.07, 6.45) is 2.02. The van der Waals surface area contributed by atoms with Crippen LogP contribution in [0.15, 0.2) is 174 Å². The van der Waals surface area contributed by atoms with Gasteiger partial charge in [0.1, 0.15) is 11.2 Å². The molecule has 0 atom stereocenters. The van der Waals surface area contributed by atoms with Crippen molar-refractivity contribution in [2.45, 2.75) is 0 Å². The van der Waals surface area contributed by atoms with E-state index >= 15 is 0 Å². The van der Waals surface area contributed by atoms with Gasteiger partial charge in [0.15, 0.2) is 0 Å². The molecular weight excluding hydrogens is 617 g/mol. The fourth-order valence-corrected chi connectivity index (χ4v) is 8.24. The molecule has 10 aromatic rings. The Morgan fingerprint density at radius 2 is 1.10 bits per heavy atom. The van der Waals surface area contributed by atoms with Crippen LogP contribution in [0.1, 0.15) is 0 Å². The zero-order valence-electron chi connectivity index (χ0n) is 26.4. The molecule has 0 saturated heterocycles. The topological polar surface area (TPSA) is 29.3 Å². The molecule has 0 unspecified atom stereocenters. The van der Waals surface area contributed by atoms with Crippen molar-refractivity contribution in [1.82, 2.24) is 4.98 Å². The molecule has 0 amide bonds. The summed E-state index contributed by atoms with van der Waals surface area (Å²) in [5, 5.41) is 7.21. The van der Waals surface area contributed by atoms with Crippen molar-refractivity contribution in [3.63, 3.8) is 0 Å². The summed E-state index contributed by atoms with van der Waals surface area (Å²) in [4.78, 5) is 7.18. The second-order valence-corrected chi connectivity index (χ2v) is 13.5. The van der Waals surface area contributed by atoms with E-state index in [4.69, 9.17) is 9.40 Å². The first-order chi connectivity index (χ1) is 24.3. The quantitative estimate of drug-likeness (QED) is 0.187. The van der Waals surface area contributed by atoms with E-state index in [1.54, 1.807) is 0 Å². The second kappa shape index (κ2) is 11.2. The average Bonchev–Trinajstić information content (AvgIpc) is 3.73. The van der Waals surface area contributed by atoms with Gasteiger partial charge in [0.25, 0.3) is 0 Å². The van der Waals surface area contributed by atoms with Gasteiger partial charge in [-0.05, 0) is 76.5 Å². The van der Waals surface area contributed by atoms with Gasteiger partial charge in [0.05, 0.1) is 5.69 Å². The zero-order chi connectivity index (χ0) is 32.3. The highest BCUT2D eigenvalue weighted by Crippen LogP contribution is 2.41. The van der Waals surface area contributed by atoms with Crippen molar-refractivity contribution in [3.05, 3.63) is 170 Å². The molecule has 0 aliphatic carbocycles. The van der Waals surface area contributed by atoms with E-state index in [2.05, 4.69) is 157 Å². The molecule has 0 N–H and O–H groups in total. The SMILES string of the molecule is c1ccc2c(-c3ccc(N(c4ccc(-c5cc6sc7ccccc7c6cn5)cc4)c4ccc5c(c4)oc4ccccc45)cc3)cccc2c1. The highest BCUT2D eigenvalue weighted by molar-refractivity contribution is 7.25. The summed E-state index contributed by atoms with van der Waals surface area (Å²) >= 11 is 1.82. The van der Waals surface area contributed by atoms with Crippen LogP contribution in [0.25, 0.3) is 75.3 Å². The van der Waals surface area contributed by atoms with Gasteiger partial charge in [-0.25, -0.2) is 0 Å². The highest BCUT2D eigenvalue weighted by Gasteiger charge is 2.17. The van der Waals surface area contributed by atoms with Gasteiger partial charge in [-0.2, -0.15) is 0 Å². The largest absolute Gasteiger partial charge is 0.456 e. The fraction of sp³-hybridized carbons (Fsp3) is 0. The van der Waals surface area contributed by atoms with E-state index in [-0.39, 0.29) is 0 Å². The fourth-order valence-electron chi connectivity index (χ4n) is 7.13. The van der Waals surface area contributed by atoms with E-state index in [0.29, 0.717) is 0 Å². The summed E-state index contributed by atoms with van der Waals surface area (Å²) in [7, 11) is 0. The van der Waals surface area contributed by atoms with E-state index in [9.17, 15) is 0 Å². The van der Waals surface area contributed by atoms with Crippen LogP contribution in [0, 0.1) is 0 Å². The number of para-hydroxylation sites is 1. The van der Waals surface area contributed by atoms with Crippen LogP contribution in [0.5, 0.6) is 0 Å². The first-order valence-electron chi connectivity index (χ1n) is 16.4. The maximum atomic E-state index is 6.33. The molecular formula is C45H28N2OS. The van der Waals surface area contributed by atoms with E-state index < -0.39 is 0 Å². The molecule has 49 heavy (non-hydrogen) atoms. The van der Waals surface area contributed by atoms with Gasteiger partial charge < -0.3 is 9.32 Å². The van der Waals surface area contributed by atoms with Crippen LogP contribution in [-0.4, -0.2) is 4.98 Å². The zero-order valence-corrected chi connectivity index (χ0v) is 27.2. The van der Waals surface area contributed by atoms with Gasteiger partial charge >= 0.3 is 0 Å². The number of nitrogens with zero attached hydrogens (tertiary/aromatic N) is 2. The number of hydrogen-bond donors (Lipinski definition) is 0. The summed E-state index contributed by atoms with van der Waals surface area (Å²) in [5.41, 5.74) is 9.39. The standard InChI is InChI=1S/C45H28N2OS/c1-2-10-35-29(8-1)9-7-13-36(35)30-16-20-32(21-17-30)47(34-24-25-38-37-11-3-5-14-42(37)48-43(38)26-34)33-22-18-31(19-23-33)41-27-45-40(28-46-41)39-12-4-6-15-44(39)49-45/h1-28H. The van der Waals surface area contributed by atoms with Crippen molar-refractivity contribution < 1.29 is 4.42 Å². The number of fused-ring (bicyclic) bond motifs is 7. The lowest BCUT2D eigenvalue weighted by Crippen LogP contribution is -2.09. The Bertz CT molecular complexity index is 2820. The van der Waals surface area contributed by atoms with Crippen molar-refractivity contribution in [1.29, 1.82) is 0 Å². The minimum atomic E-state index is 0.869. The molecule has 10 rings (SSSR count). The maximum Gasteiger partial charge on any atom is 0.137 e. The van der Waals surface area contributed by atoms with Gasteiger partial charge in [-0.1, -0.05) is 103 Å². The minimum absolute atomic E-state index is 0.869. The average molecular weight is 645 g/mol. The minimum Gasteiger partial charge on any atom is -0.456 e. The molecule has 7 aromatic carbocycles. The Labute approximate surface area is 286 Å². The molecule has 0 saturated carbocycles. The van der Waals surface area contributed by atoms with Crippen molar-refractivity contribution >= 4 is 81.3 Å². The molecule has 4 heteroatoms. The molecule has 0 spiro atoms. The Kier molecular flexibility index (Phi) is 6.36. The first-order valence-corrected chi connectivity index (χ1v) is 17.3. The summed E-state index contributed by atoms with van der Waals surface area (Å²) in [6, 6.07) is 58.2. The predicted octanol–water partition coefficient (Wildman–Crippen LogP) is 13.3. The molecule has 0 aliphatic heterocycles. The molecule has 0 bridgehead atoms. The highest BCUT2D eigenvalue weighted by atomic mass is 32.1. The van der Waals surface area contributed by atoms with Crippen molar-refractivity contribution in [3.8, 4) is 22.4 Å². The number of anilines is 3. The van der Waals surface area contributed by atoms with Crippen molar-refractivity contribution in [2.24, 2.45) is 0 Å². The third-order valence-corrected chi connectivity index (χ3v) is 10.7. The van der Waals surface area contributed by atoms with Gasteiger partial charge in [0.2, 0.25) is 0 Å².